The van der Waals surface area contributed by atoms with Crippen molar-refractivity contribution in [2.75, 3.05) is 18.0 Å². The second-order valence-electron chi connectivity index (χ2n) is 5.70. The molecule has 1 saturated heterocycles. The van der Waals surface area contributed by atoms with Crippen molar-refractivity contribution in [1.29, 1.82) is 5.26 Å². The van der Waals surface area contributed by atoms with Gasteiger partial charge in [0.1, 0.15) is 6.07 Å². The van der Waals surface area contributed by atoms with Crippen LogP contribution in [0.15, 0.2) is 22.7 Å². The molecule has 0 amide bonds. The second-order valence-corrected chi connectivity index (χ2v) is 6.61. The molecule has 4 heteroatoms. The van der Waals surface area contributed by atoms with E-state index in [-0.39, 0.29) is 0 Å². The van der Waals surface area contributed by atoms with Crippen LogP contribution in [0.3, 0.4) is 0 Å². The van der Waals surface area contributed by atoms with E-state index in [9.17, 15) is 5.26 Å². The Bertz CT molecular complexity index is 523. The van der Waals surface area contributed by atoms with Crippen LogP contribution >= 0.6 is 15.9 Å². The maximum atomic E-state index is 9.26. The van der Waals surface area contributed by atoms with Crippen LogP contribution in [0.4, 0.5) is 5.69 Å². The number of hydrogen-bond acceptors (Lipinski definition) is 3. The summed E-state index contributed by atoms with van der Waals surface area (Å²) in [6.07, 6.45) is 3.68. The molecule has 19 heavy (non-hydrogen) atoms. The van der Waals surface area contributed by atoms with E-state index in [1.807, 2.05) is 12.1 Å². The van der Waals surface area contributed by atoms with Crippen LogP contribution in [0.25, 0.3) is 0 Å². The first kappa shape index (κ1) is 13.0. The first-order valence-corrected chi connectivity index (χ1v) is 7.68. The van der Waals surface area contributed by atoms with Crippen molar-refractivity contribution < 1.29 is 0 Å². The summed E-state index contributed by atoms with van der Waals surface area (Å²) in [6.45, 7) is 2.04. The quantitative estimate of drug-likeness (QED) is 0.866. The standard InChI is InChI=1S/C15H18BrN3/c16-12-5-4-10(7-17)15(6-12)19-8-11-2-1-3-14(18)13(11)9-19/h4-6,11,13-14H,1-3,8-9,18H2. The lowest BCUT2D eigenvalue weighted by molar-refractivity contribution is 0.260. The van der Waals surface area contributed by atoms with Crippen molar-refractivity contribution in [2.24, 2.45) is 17.6 Å². The fourth-order valence-electron chi connectivity index (χ4n) is 3.57. The first-order chi connectivity index (χ1) is 9.19. The second kappa shape index (κ2) is 5.15. The van der Waals surface area contributed by atoms with Crippen molar-refractivity contribution in [3.05, 3.63) is 28.2 Å². The van der Waals surface area contributed by atoms with Gasteiger partial charge in [-0.15, -0.1) is 0 Å². The predicted molar refractivity (Wildman–Crippen MR) is 79.9 cm³/mol. The van der Waals surface area contributed by atoms with E-state index in [0.717, 1.165) is 35.2 Å². The summed E-state index contributed by atoms with van der Waals surface area (Å²) in [5, 5.41) is 9.26. The smallest absolute Gasteiger partial charge is 0.101 e. The third kappa shape index (κ3) is 2.37. The highest BCUT2D eigenvalue weighted by Gasteiger charge is 2.39. The van der Waals surface area contributed by atoms with E-state index in [0.29, 0.717) is 17.9 Å². The number of benzene rings is 1. The Kier molecular flexibility index (Phi) is 3.51. The van der Waals surface area contributed by atoms with Crippen molar-refractivity contribution in [2.45, 2.75) is 25.3 Å². The van der Waals surface area contributed by atoms with E-state index in [2.05, 4.69) is 33.0 Å². The van der Waals surface area contributed by atoms with Crippen LogP contribution in [0, 0.1) is 23.2 Å². The predicted octanol–water partition coefficient (Wildman–Crippen LogP) is 2.88. The minimum atomic E-state index is 0.335. The van der Waals surface area contributed by atoms with E-state index in [1.165, 1.54) is 12.8 Å². The highest BCUT2D eigenvalue weighted by molar-refractivity contribution is 9.10. The summed E-state index contributed by atoms with van der Waals surface area (Å²) in [5.41, 5.74) is 8.07. The van der Waals surface area contributed by atoms with Gasteiger partial charge in [-0.1, -0.05) is 22.4 Å². The Morgan fingerprint density at radius 3 is 2.89 bits per heavy atom. The molecular weight excluding hydrogens is 302 g/mol. The maximum absolute atomic E-state index is 9.26. The Balaban J connectivity index is 1.88. The van der Waals surface area contributed by atoms with Gasteiger partial charge in [0.2, 0.25) is 0 Å². The molecule has 0 spiro atoms. The van der Waals surface area contributed by atoms with Crippen LogP contribution in [0.2, 0.25) is 0 Å². The van der Waals surface area contributed by atoms with Crippen LogP contribution in [-0.2, 0) is 0 Å². The molecule has 1 aromatic carbocycles. The zero-order valence-electron chi connectivity index (χ0n) is 10.8. The molecule has 1 heterocycles. The van der Waals surface area contributed by atoms with Crippen LogP contribution in [0.5, 0.6) is 0 Å². The molecule has 100 valence electrons. The van der Waals surface area contributed by atoms with Crippen LogP contribution < -0.4 is 10.6 Å². The van der Waals surface area contributed by atoms with Gasteiger partial charge in [0, 0.05) is 23.6 Å². The van der Waals surface area contributed by atoms with E-state index in [4.69, 9.17) is 5.73 Å². The third-order valence-electron chi connectivity index (χ3n) is 4.57. The average Bonchev–Trinajstić information content (AvgIpc) is 2.84. The molecule has 1 saturated carbocycles. The van der Waals surface area contributed by atoms with Gasteiger partial charge in [0.25, 0.3) is 0 Å². The Morgan fingerprint density at radius 2 is 2.16 bits per heavy atom. The first-order valence-electron chi connectivity index (χ1n) is 6.89. The molecule has 3 atom stereocenters. The molecule has 1 aliphatic carbocycles. The van der Waals surface area contributed by atoms with Crippen molar-refractivity contribution in [1.82, 2.24) is 0 Å². The number of rotatable bonds is 1. The van der Waals surface area contributed by atoms with Crippen molar-refractivity contribution >= 4 is 21.6 Å². The lowest BCUT2D eigenvalue weighted by atomic mass is 9.78. The van der Waals surface area contributed by atoms with Gasteiger partial charge in [-0.05, 0) is 42.9 Å². The van der Waals surface area contributed by atoms with E-state index >= 15 is 0 Å². The van der Waals surface area contributed by atoms with Gasteiger partial charge in [-0.2, -0.15) is 5.26 Å². The van der Waals surface area contributed by atoms with Crippen molar-refractivity contribution in [3.8, 4) is 6.07 Å². The number of nitrogens with zero attached hydrogens (tertiary/aromatic N) is 2. The lowest BCUT2D eigenvalue weighted by Crippen LogP contribution is -2.38. The van der Waals surface area contributed by atoms with Crippen molar-refractivity contribution in [3.63, 3.8) is 0 Å². The molecule has 2 fully saturated rings. The van der Waals surface area contributed by atoms with Gasteiger partial charge < -0.3 is 10.6 Å². The largest absolute Gasteiger partial charge is 0.370 e. The van der Waals surface area contributed by atoms with Gasteiger partial charge >= 0.3 is 0 Å². The SMILES string of the molecule is N#Cc1ccc(Br)cc1N1CC2CCCC(N)C2C1. The minimum absolute atomic E-state index is 0.335. The Morgan fingerprint density at radius 1 is 1.32 bits per heavy atom. The summed E-state index contributed by atoms with van der Waals surface area (Å²) in [6, 6.07) is 8.51. The highest BCUT2D eigenvalue weighted by Crippen LogP contribution is 2.39. The molecule has 0 bridgehead atoms. The topological polar surface area (TPSA) is 53.0 Å². The number of nitrogens with two attached hydrogens (primary N) is 1. The van der Waals surface area contributed by atoms with Crippen LogP contribution in [-0.4, -0.2) is 19.1 Å². The molecule has 1 aliphatic heterocycles. The summed E-state index contributed by atoms with van der Waals surface area (Å²) >= 11 is 3.50. The Hall–Kier alpha value is -1.05. The highest BCUT2D eigenvalue weighted by atomic mass is 79.9. The number of fused-ring (bicyclic) bond motifs is 1. The summed E-state index contributed by atoms with van der Waals surface area (Å²) < 4.78 is 1.03. The summed E-state index contributed by atoms with van der Waals surface area (Å²) in [7, 11) is 0. The number of nitriles is 1. The van der Waals surface area contributed by atoms with E-state index in [1.54, 1.807) is 0 Å². The van der Waals surface area contributed by atoms with Gasteiger partial charge in [-0.25, -0.2) is 0 Å². The summed E-state index contributed by atoms with van der Waals surface area (Å²) in [5.74, 6) is 1.30. The van der Waals surface area contributed by atoms with Gasteiger partial charge in [0.05, 0.1) is 11.3 Å². The third-order valence-corrected chi connectivity index (χ3v) is 5.07. The fourth-order valence-corrected chi connectivity index (χ4v) is 3.92. The Labute approximate surface area is 122 Å². The fraction of sp³-hybridized carbons (Fsp3) is 0.533. The maximum Gasteiger partial charge on any atom is 0.101 e. The van der Waals surface area contributed by atoms with Gasteiger partial charge in [-0.3, -0.25) is 0 Å². The number of anilines is 1. The molecule has 1 aromatic rings. The molecule has 0 aromatic heterocycles. The molecule has 0 radical (unpaired) electrons. The number of hydrogen-bond donors (Lipinski definition) is 1. The summed E-state index contributed by atoms with van der Waals surface area (Å²) in [4.78, 5) is 2.35. The molecule has 2 aliphatic rings. The minimum Gasteiger partial charge on any atom is -0.370 e. The average molecular weight is 320 g/mol. The normalized spacial score (nSPS) is 29.9. The van der Waals surface area contributed by atoms with E-state index < -0.39 is 0 Å². The lowest BCUT2D eigenvalue weighted by Gasteiger charge is -2.29. The molecule has 3 unspecified atom stereocenters. The number of halogens is 1. The molecule has 3 nitrogen and oxygen atoms in total. The van der Waals surface area contributed by atoms with Crippen LogP contribution in [0.1, 0.15) is 24.8 Å². The molecule has 3 rings (SSSR count). The zero-order valence-corrected chi connectivity index (χ0v) is 12.4. The molecular formula is C15H18BrN3. The van der Waals surface area contributed by atoms with Gasteiger partial charge in [0.15, 0.2) is 0 Å². The molecule has 2 N–H and O–H groups in total. The zero-order chi connectivity index (χ0) is 13.4. The monoisotopic (exact) mass is 319 g/mol.